The number of hydrogen-bond donors (Lipinski definition) is 2. The third-order valence-corrected chi connectivity index (χ3v) is 11.4. The summed E-state index contributed by atoms with van der Waals surface area (Å²) >= 11 is 0. The Morgan fingerprint density at radius 2 is 1.00 bits per heavy atom. The third kappa shape index (κ3) is 8.32. The number of rotatable bonds is 16. The topological polar surface area (TPSA) is 146 Å². The summed E-state index contributed by atoms with van der Waals surface area (Å²) in [6.45, 7) is 9.08. The van der Waals surface area contributed by atoms with Gasteiger partial charge in [0.25, 0.3) is 0 Å². The maximum atomic E-state index is 10.1. The van der Waals surface area contributed by atoms with Crippen LogP contribution in [0.2, 0.25) is 0 Å². The molecule has 12 heteroatoms. The zero-order valence-corrected chi connectivity index (χ0v) is 33.6. The predicted molar refractivity (Wildman–Crippen MR) is 215 cm³/mol. The first-order valence-electron chi connectivity index (χ1n) is 20.2. The lowest BCUT2D eigenvalue weighted by Gasteiger charge is -2.26. The monoisotopic (exact) mass is 796 g/mol. The van der Waals surface area contributed by atoms with Gasteiger partial charge in [0.05, 0.1) is 65.4 Å². The Bertz CT molecular complexity index is 2230. The summed E-state index contributed by atoms with van der Waals surface area (Å²) in [6, 6.07) is 8.16. The number of epoxide rings is 4. The summed E-state index contributed by atoms with van der Waals surface area (Å²) in [5.74, 6) is 5.28. The van der Waals surface area contributed by atoms with Crippen LogP contribution in [0.5, 0.6) is 23.0 Å². The predicted octanol–water partition coefficient (Wildman–Crippen LogP) is 5.65. The van der Waals surface area contributed by atoms with E-state index in [1.54, 1.807) is 14.2 Å². The van der Waals surface area contributed by atoms with E-state index in [9.17, 15) is 10.2 Å². The van der Waals surface area contributed by atoms with E-state index in [1.807, 2.05) is 25.1 Å². The molecule has 2 N–H and O–H groups in total. The molecular weight excluding hydrogens is 744 g/mol. The Morgan fingerprint density at radius 1 is 0.552 bits per heavy atom. The van der Waals surface area contributed by atoms with Crippen LogP contribution in [-0.2, 0) is 67.3 Å². The van der Waals surface area contributed by atoms with Crippen LogP contribution in [0.25, 0.3) is 21.5 Å². The average Bonchev–Trinajstić information content (AvgIpc) is 4.03. The van der Waals surface area contributed by atoms with Crippen molar-refractivity contribution in [3.8, 4) is 23.0 Å². The molecule has 4 unspecified atom stereocenters. The molecule has 4 atom stereocenters. The van der Waals surface area contributed by atoms with Crippen LogP contribution in [0.3, 0.4) is 0 Å². The van der Waals surface area contributed by atoms with Crippen LogP contribution in [0.4, 0.5) is 0 Å². The van der Waals surface area contributed by atoms with Gasteiger partial charge in [-0.2, -0.15) is 0 Å². The van der Waals surface area contributed by atoms with Crippen molar-refractivity contribution in [3.05, 3.63) is 92.4 Å². The van der Waals surface area contributed by atoms with Crippen molar-refractivity contribution in [3.63, 3.8) is 0 Å². The van der Waals surface area contributed by atoms with Crippen molar-refractivity contribution in [2.45, 2.75) is 77.2 Å². The zero-order chi connectivity index (χ0) is 39.9. The third-order valence-electron chi connectivity index (χ3n) is 11.4. The summed E-state index contributed by atoms with van der Waals surface area (Å²) in [6.07, 6.45) is 7.59. The van der Waals surface area contributed by atoms with Gasteiger partial charge in [-0.25, -0.2) is 0 Å². The molecule has 58 heavy (non-hydrogen) atoms. The van der Waals surface area contributed by atoms with Gasteiger partial charge in [-0.05, 0) is 73.2 Å². The molecule has 12 nitrogen and oxygen atoms in total. The lowest BCUT2D eigenvalue weighted by molar-refractivity contribution is 0.251. The minimum Gasteiger partial charge on any atom is -0.501 e. The van der Waals surface area contributed by atoms with Gasteiger partial charge >= 0.3 is 0 Å². The number of aliphatic hydroxyl groups is 2. The summed E-state index contributed by atoms with van der Waals surface area (Å²) in [5.41, 5.74) is 8.28. The summed E-state index contributed by atoms with van der Waals surface area (Å²) < 4.78 is 57.8. The zero-order valence-electron chi connectivity index (χ0n) is 33.6. The smallest absolute Gasteiger partial charge is 0.131 e. The maximum absolute atomic E-state index is 10.1. The lowest BCUT2D eigenvalue weighted by Crippen LogP contribution is -2.15. The van der Waals surface area contributed by atoms with E-state index in [0.717, 1.165) is 127 Å². The first-order chi connectivity index (χ1) is 28.3. The maximum Gasteiger partial charge on any atom is 0.131 e. The Hall–Kier alpha value is -4.56. The van der Waals surface area contributed by atoms with Gasteiger partial charge in [0.15, 0.2) is 0 Å². The first kappa shape index (κ1) is 38.9. The van der Waals surface area contributed by atoms with E-state index >= 15 is 0 Å². The van der Waals surface area contributed by atoms with Gasteiger partial charge < -0.3 is 57.6 Å². The number of aliphatic hydroxyl groups excluding tert-OH is 2. The van der Waals surface area contributed by atoms with Gasteiger partial charge in [0, 0.05) is 56.6 Å². The Balaban J connectivity index is 0.000000150. The van der Waals surface area contributed by atoms with Crippen molar-refractivity contribution < 1.29 is 57.6 Å². The fraction of sp³-hybridized carbons (Fsp3) is 0.478. The number of allylic oxidation sites excluding steroid dienone is 4. The molecule has 4 fully saturated rings. The molecule has 4 aliphatic heterocycles. The fourth-order valence-electron chi connectivity index (χ4n) is 8.09. The number of aryl methyl sites for hydroxylation is 2. The highest BCUT2D eigenvalue weighted by Crippen LogP contribution is 2.48. The molecule has 4 aromatic rings. The molecule has 2 aliphatic carbocycles. The molecule has 0 amide bonds. The number of ether oxygens (including phenoxy) is 10. The molecule has 4 aromatic carbocycles. The molecule has 308 valence electrons. The van der Waals surface area contributed by atoms with E-state index in [0.29, 0.717) is 52.1 Å². The number of methoxy groups -OCH3 is 2. The fourth-order valence-corrected chi connectivity index (χ4v) is 8.09. The molecule has 6 aliphatic rings. The molecule has 4 saturated heterocycles. The standard InChI is InChI=1S/2C23H26O6/c1-13-5-14(8-24)6-20-21(13)23(29-12-17-10-27-17)19-7-15(25-2)3-4-18(19)22(20)28-11-16-9-26-16;1-13-5-14(8-24)21-20(6-13)22(28-11-16-9-26-16)18-4-3-15(25-2)7-19(18)23(21)29-12-17-10-27-17/h2*3,5-6,16-17,24H,4,7-12H2,1-2H3. The van der Waals surface area contributed by atoms with Crippen LogP contribution in [0, 0.1) is 13.8 Å². The molecular formula is C46H52O12. The van der Waals surface area contributed by atoms with E-state index < -0.39 is 0 Å². The van der Waals surface area contributed by atoms with E-state index in [1.165, 1.54) is 0 Å². The second kappa shape index (κ2) is 16.6. The summed E-state index contributed by atoms with van der Waals surface area (Å²) in [7, 11) is 3.40. The van der Waals surface area contributed by atoms with Crippen molar-refractivity contribution in [2.24, 2.45) is 0 Å². The molecule has 10 rings (SSSR count). The molecule has 0 bridgehead atoms. The first-order valence-corrected chi connectivity index (χ1v) is 20.2. The van der Waals surface area contributed by atoms with Crippen molar-refractivity contribution in [1.29, 1.82) is 0 Å². The van der Waals surface area contributed by atoms with Gasteiger partial charge in [-0.15, -0.1) is 0 Å². The van der Waals surface area contributed by atoms with Gasteiger partial charge in [-0.3, -0.25) is 0 Å². The van der Waals surface area contributed by atoms with Crippen LogP contribution >= 0.6 is 0 Å². The highest BCUT2D eigenvalue weighted by atomic mass is 16.6. The second-order valence-corrected chi connectivity index (χ2v) is 15.8. The van der Waals surface area contributed by atoms with Crippen LogP contribution < -0.4 is 18.9 Å². The van der Waals surface area contributed by atoms with E-state index in [4.69, 9.17) is 47.4 Å². The summed E-state index contributed by atoms with van der Waals surface area (Å²) in [5, 5.41) is 23.8. The molecule has 0 spiro atoms. The van der Waals surface area contributed by atoms with Crippen LogP contribution in [-0.4, -0.2) is 102 Å². The van der Waals surface area contributed by atoms with Crippen LogP contribution in [0.1, 0.15) is 44.5 Å². The summed E-state index contributed by atoms with van der Waals surface area (Å²) in [4.78, 5) is 0. The Morgan fingerprint density at radius 3 is 1.43 bits per heavy atom. The SMILES string of the molecule is COC1=CCc2c(c(OCC3CO3)c3c(C)cc(CO)cc3c2OCC2CO2)C1.COC1=CCc2c(c(OCC3CO3)c3c(CO)cc(C)cc3c2OCC2CO2)C1. The Labute approximate surface area is 338 Å². The quantitative estimate of drug-likeness (QED) is 0.135. The van der Waals surface area contributed by atoms with Gasteiger partial charge in [-0.1, -0.05) is 12.1 Å². The lowest BCUT2D eigenvalue weighted by atomic mass is 9.87. The number of hydrogen-bond acceptors (Lipinski definition) is 12. The largest absolute Gasteiger partial charge is 0.501 e. The minimum atomic E-state index is -0.0641. The molecule has 4 heterocycles. The van der Waals surface area contributed by atoms with Crippen molar-refractivity contribution in [2.75, 3.05) is 67.1 Å². The minimum absolute atomic E-state index is 0.0150. The van der Waals surface area contributed by atoms with Crippen LogP contribution in [0.15, 0.2) is 47.9 Å². The average molecular weight is 797 g/mol. The highest BCUT2D eigenvalue weighted by Gasteiger charge is 2.33. The van der Waals surface area contributed by atoms with Gasteiger partial charge in [0.2, 0.25) is 0 Å². The molecule has 0 radical (unpaired) electrons. The highest BCUT2D eigenvalue weighted by molar-refractivity contribution is 6.00. The second-order valence-electron chi connectivity index (χ2n) is 15.8. The van der Waals surface area contributed by atoms with E-state index in [-0.39, 0.29) is 37.6 Å². The molecule has 0 saturated carbocycles. The molecule has 0 aromatic heterocycles. The van der Waals surface area contributed by atoms with E-state index in [2.05, 4.69) is 25.1 Å². The normalized spacial score (nSPS) is 22.1. The number of benzene rings is 4. The van der Waals surface area contributed by atoms with Crippen molar-refractivity contribution >= 4 is 21.5 Å². The number of fused-ring (bicyclic) bond motifs is 4. The Kier molecular flexibility index (Phi) is 11.1. The van der Waals surface area contributed by atoms with Gasteiger partial charge in [0.1, 0.15) is 73.8 Å². The van der Waals surface area contributed by atoms with Crippen molar-refractivity contribution in [1.82, 2.24) is 0 Å².